The standard InChI is InChI=1S/C55H58FNO6SSi2/c1-54(2,3)65(44-20-11-7-12-21-44,45-22-13-8-14-23-45)62-42(38-43(39-51(58)59)63-66(55(4,5)6,46-24-15-9-16-25-46)47-26-17-10-18-27-47)34-35-49-52(40-30-32-41(56)33-31-40)48-28-19-29-50-53(48)57(49)36-37-64(50,60)61/h7-35,42-43H,36-39H2,1-6H3,(H,58,59)/b35-34+. The molecular weight excluding hydrogens is 878 g/mol. The van der Waals surface area contributed by atoms with E-state index in [4.69, 9.17) is 8.85 Å². The van der Waals surface area contributed by atoms with Gasteiger partial charge in [0.15, 0.2) is 9.84 Å². The second-order valence-corrected chi connectivity index (χ2v) is 29.9. The monoisotopic (exact) mass is 935 g/mol. The Kier molecular flexibility index (Phi) is 13.1. The number of benzene rings is 6. The largest absolute Gasteiger partial charge is 0.481 e. The Labute approximate surface area is 390 Å². The van der Waals surface area contributed by atoms with Crippen molar-refractivity contribution in [2.75, 3.05) is 5.75 Å². The summed E-state index contributed by atoms with van der Waals surface area (Å²) < 4.78 is 59.4. The van der Waals surface area contributed by atoms with Crippen LogP contribution in [0.2, 0.25) is 10.1 Å². The molecule has 1 aliphatic rings. The van der Waals surface area contributed by atoms with Crippen LogP contribution in [0.5, 0.6) is 0 Å². The molecule has 0 fully saturated rings. The van der Waals surface area contributed by atoms with Crippen LogP contribution < -0.4 is 20.7 Å². The lowest BCUT2D eigenvalue weighted by Crippen LogP contribution is -2.69. The van der Waals surface area contributed by atoms with Crippen LogP contribution in [0.3, 0.4) is 0 Å². The third kappa shape index (κ3) is 8.82. The molecule has 6 aromatic carbocycles. The smallest absolute Gasteiger partial charge is 0.305 e. The first-order valence-corrected chi connectivity index (χ1v) is 28.0. The Hall–Kier alpha value is -5.70. The van der Waals surface area contributed by atoms with Crippen LogP contribution in [-0.4, -0.2) is 58.7 Å². The van der Waals surface area contributed by atoms with Gasteiger partial charge >= 0.3 is 5.97 Å². The maximum absolute atomic E-state index is 14.5. The predicted molar refractivity (Wildman–Crippen MR) is 270 cm³/mol. The number of carbonyl (C=O) groups is 1. The Balaban J connectivity index is 1.37. The van der Waals surface area contributed by atoms with Crippen LogP contribution in [0.1, 0.15) is 60.1 Å². The van der Waals surface area contributed by atoms with Crippen molar-refractivity contribution in [2.45, 2.75) is 88.1 Å². The minimum Gasteiger partial charge on any atom is -0.481 e. The molecular formula is C55H58FNO6SSi2. The van der Waals surface area contributed by atoms with E-state index in [-0.39, 0.29) is 35.9 Å². The number of rotatable bonds is 15. The maximum atomic E-state index is 14.5. The van der Waals surface area contributed by atoms with Gasteiger partial charge in [0.1, 0.15) is 5.82 Å². The number of hydrogen-bond acceptors (Lipinski definition) is 5. The van der Waals surface area contributed by atoms with Crippen LogP contribution >= 0.6 is 0 Å². The summed E-state index contributed by atoms with van der Waals surface area (Å²) in [5.41, 5.74) is 2.86. The summed E-state index contributed by atoms with van der Waals surface area (Å²) in [6.07, 6.45) is 2.39. The topological polar surface area (TPSA) is 94.8 Å². The van der Waals surface area contributed by atoms with Crippen molar-refractivity contribution in [1.29, 1.82) is 0 Å². The zero-order valence-corrected chi connectivity index (χ0v) is 41.3. The Morgan fingerprint density at radius 1 is 0.682 bits per heavy atom. The second-order valence-electron chi connectivity index (χ2n) is 19.3. The Morgan fingerprint density at radius 3 is 1.61 bits per heavy atom. The fraction of sp³-hybridized carbons (Fsp3) is 0.255. The van der Waals surface area contributed by atoms with Gasteiger partial charge in [0, 0.05) is 29.6 Å². The molecule has 2 unspecified atom stereocenters. The molecule has 0 aliphatic carbocycles. The van der Waals surface area contributed by atoms with Gasteiger partial charge in [0.25, 0.3) is 16.6 Å². The molecule has 0 amide bonds. The van der Waals surface area contributed by atoms with Gasteiger partial charge in [-0.25, -0.2) is 12.8 Å². The number of para-hydroxylation sites is 1. The Bertz CT molecular complexity index is 2870. The molecule has 340 valence electrons. The van der Waals surface area contributed by atoms with Crippen LogP contribution in [-0.2, 0) is 30.0 Å². The molecule has 8 rings (SSSR count). The summed E-state index contributed by atoms with van der Waals surface area (Å²) in [7, 11) is -10.2. The summed E-state index contributed by atoms with van der Waals surface area (Å²) in [4.78, 5) is 13.4. The van der Waals surface area contributed by atoms with Crippen molar-refractivity contribution in [3.8, 4) is 11.1 Å². The number of aryl methyl sites for hydroxylation is 1. The molecule has 1 N–H and O–H groups in total. The number of carboxylic acids is 1. The highest BCUT2D eigenvalue weighted by atomic mass is 32.2. The second kappa shape index (κ2) is 18.5. The van der Waals surface area contributed by atoms with Gasteiger partial charge in [-0.15, -0.1) is 0 Å². The molecule has 2 atom stereocenters. The van der Waals surface area contributed by atoms with E-state index < -0.39 is 54.7 Å². The first-order chi connectivity index (χ1) is 31.5. The van der Waals surface area contributed by atoms with E-state index in [0.717, 1.165) is 43.0 Å². The molecule has 0 bridgehead atoms. The fourth-order valence-electron chi connectivity index (χ4n) is 10.1. The quantitative estimate of drug-likeness (QED) is 0.103. The van der Waals surface area contributed by atoms with Crippen molar-refractivity contribution in [1.82, 2.24) is 4.57 Å². The molecule has 2 heterocycles. The molecule has 1 aliphatic heterocycles. The summed E-state index contributed by atoms with van der Waals surface area (Å²) in [5.74, 6) is -1.44. The summed E-state index contributed by atoms with van der Waals surface area (Å²) in [6.45, 7) is 13.4. The molecule has 11 heteroatoms. The first kappa shape index (κ1) is 46.8. The van der Waals surface area contributed by atoms with E-state index in [2.05, 4.69) is 90.1 Å². The number of aliphatic carboxylic acids is 1. The van der Waals surface area contributed by atoms with Crippen LogP contribution in [0.15, 0.2) is 175 Å². The molecule has 0 saturated carbocycles. The van der Waals surface area contributed by atoms with Gasteiger partial charge in [0.05, 0.1) is 34.8 Å². The lowest BCUT2D eigenvalue weighted by molar-refractivity contribution is -0.139. The normalized spacial score (nSPS) is 15.2. The summed E-state index contributed by atoms with van der Waals surface area (Å²) in [5, 5.41) is 14.8. The third-order valence-electron chi connectivity index (χ3n) is 13.0. The molecule has 7 nitrogen and oxygen atoms in total. The summed E-state index contributed by atoms with van der Waals surface area (Å²) >= 11 is 0. The maximum Gasteiger partial charge on any atom is 0.305 e. The highest BCUT2D eigenvalue weighted by Gasteiger charge is 2.54. The van der Waals surface area contributed by atoms with Crippen molar-refractivity contribution in [3.05, 3.63) is 181 Å². The lowest BCUT2D eigenvalue weighted by Gasteiger charge is -2.47. The highest BCUT2D eigenvalue weighted by molar-refractivity contribution is 7.91. The van der Waals surface area contributed by atoms with Gasteiger partial charge in [-0.05, 0) is 60.7 Å². The predicted octanol–water partition coefficient (Wildman–Crippen LogP) is 10.0. The molecule has 7 aromatic rings. The molecule has 0 spiro atoms. The molecule has 0 radical (unpaired) electrons. The SMILES string of the molecule is CC(C)(C)[Si](OC(/C=C/c1c(-c2ccc(F)cc2)c2cccc3c2n1CCS3(=O)=O)CC(CC(=O)O)O[Si](c1ccccc1)(c1ccccc1)C(C)(C)C)(c1ccccc1)c1ccccc1. The minimum absolute atomic E-state index is 0.0769. The number of nitrogens with zero attached hydrogens (tertiary/aromatic N) is 1. The van der Waals surface area contributed by atoms with Crippen LogP contribution in [0, 0.1) is 5.82 Å². The number of aromatic nitrogens is 1. The third-order valence-corrected chi connectivity index (χ3v) is 24.9. The number of carboxylic acid groups (broad SMARTS) is 1. The van der Waals surface area contributed by atoms with Gasteiger partial charge < -0.3 is 18.5 Å². The number of sulfone groups is 1. The van der Waals surface area contributed by atoms with E-state index in [1.54, 1.807) is 24.3 Å². The molecule has 0 saturated heterocycles. The van der Waals surface area contributed by atoms with Gasteiger partial charge in [-0.1, -0.05) is 193 Å². The van der Waals surface area contributed by atoms with Gasteiger partial charge in [-0.2, -0.15) is 0 Å². The van der Waals surface area contributed by atoms with Gasteiger partial charge in [-0.3, -0.25) is 4.79 Å². The van der Waals surface area contributed by atoms with Crippen molar-refractivity contribution in [3.63, 3.8) is 0 Å². The Morgan fingerprint density at radius 2 is 1.15 bits per heavy atom. The van der Waals surface area contributed by atoms with Crippen LogP contribution in [0.4, 0.5) is 4.39 Å². The average molecular weight is 936 g/mol. The van der Waals surface area contributed by atoms with Crippen molar-refractivity contribution < 1.29 is 31.6 Å². The van der Waals surface area contributed by atoms with E-state index >= 15 is 0 Å². The first-order valence-electron chi connectivity index (χ1n) is 22.6. The molecule has 66 heavy (non-hydrogen) atoms. The zero-order chi connectivity index (χ0) is 46.9. The highest BCUT2D eigenvalue weighted by Crippen LogP contribution is 2.43. The van der Waals surface area contributed by atoms with Gasteiger partial charge in [0.2, 0.25) is 0 Å². The van der Waals surface area contributed by atoms with E-state index in [0.29, 0.717) is 5.52 Å². The van der Waals surface area contributed by atoms with Crippen molar-refractivity contribution >= 4 is 70.2 Å². The average Bonchev–Trinajstić information content (AvgIpc) is 3.61. The van der Waals surface area contributed by atoms with Crippen LogP contribution in [0.25, 0.3) is 28.1 Å². The molecule has 1 aromatic heterocycles. The van der Waals surface area contributed by atoms with E-state index in [1.807, 2.05) is 95.6 Å². The van der Waals surface area contributed by atoms with E-state index in [9.17, 15) is 22.7 Å². The number of hydrogen-bond donors (Lipinski definition) is 1. The minimum atomic E-state index is -3.57. The fourth-order valence-corrected chi connectivity index (χ4v) is 20.9. The number of halogens is 1. The lowest BCUT2D eigenvalue weighted by atomic mass is 10.0. The summed E-state index contributed by atoms with van der Waals surface area (Å²) in [6, 6.07) is 52.8. The zero-order valence-electron chi connectivity index (χ0n) is 38.4. The van der Waals surface area contributed by atoms with Crippen molar-refractivity contribution in [2.24, 2.45) is 0 Å². The van der Waals surface area contributed by atoms with E-state index in [1.165, 1.54) is 12.1 Å².